The Morgan fingerprint density at radius 2 is 1.78 bits per heavy atom. The van der Waals surface area contributed by atoms with Crippen molar-refractivity contribution in [1.29, 1.82) is 0 Å². The minimum absolute atomic E-state index is 0. The van der Waals surface area contributed by atoms with E-state index in [1.165, 1.54) is 0 Å². The summed E-state index contributed by atoms with van der Waals surface area (Å²) < 4.78 is 0. The number of piperidine rings is 1. The Bertz CT molecular complexity index is 448. The molecule has 1 heterocycles. The molecule has 4 nitrogen and oxygen atoms in total. The highest BCUT2D eigenvalue weighted by Gasteiger charge is 2.26. The lowest BCUT2D eigenvalue weighted by Gasteiger charge is -2.34. The lowest BCUT2D eigenvalue weighted by Crippen LogP contribution is -2.48. The number of hydrogen-bond donors (Lipinski definition) is 1. The van der Waals surface area contributed by atoms with Gasteiger partial charge in [-0.1, -0.05) is 30.3 Å². The molecule has 0 aromatic heterocycles. The highest BCUT2D eigenvalue weighted by molar-refractivity contribution is 5.85. The van der Waals surface area contributed by atoms with Crippen molar-refractivity contribution in [1.82, 2.24) is 9.80 Å². The largest absolute Gasteiger partial charge is 0.341 e. The van der Waals surface area contributed by atoms with Crippen molar-refractivity contribution in [2.45, 2.75) is 25.3 Å². The SMILES string of the molecule is CN(C)CC1CCN(C(=O)[C@@H](N)Cc2ccccc2)CC1.Cl.Cl. The van der Waals surface area contributed by atoms with Crippen molar-refractivity contribution in [3.05, 3.63) is 35.9 Å². The fourth-order valence-corrected chi connectivity index (χ4v) is 3.04. The zero-order valence-corrected chi connectivity index (χ0v) is 15.6. The van der Waals surface area contributed by atoms with Crippen LogP contribution in [-0.4, -0.2) is 55.5 Å². The van der Waals surface area contributed by atoms with Gasteiger partial charge in [0.05, 0.1) is 6.04 Å². The van der Waals surface area contributed by atoms with Crippen LogP contribution < -0.4 is 5.73 Å². The summed E-state index contributed by atoms with van der Waals surface area (Å²) in [6, 6.07) is 9.58. The van der Waals surface area contributed by atoms with Crippen LogP contribution in [0.4, 0.5) is 0 Å². The van der Waals surface area contributed by atoms with Crippen LogP contribution in [0.3, 0.4) is 0 Å². The second-order valence-corrected chi connectivity index (χ2v) is 6.33. The first-order valence-electron chi connectivity index (χ1n) is 7.79. The molecule has 2 rings (SSSR count). The van der Waals surface area contributed by atoms with Gasteiger partial charge in [-0.15, -0.1) is 24.8 Å². The molecule has 0 saturated carbocycles. The maximum Gasteiger partial charge on any atom is 0.239 e. The Morgan fingerprint density at radius 3 is 2.30 bits per heavy atom. The molecule has 1 aliphatic heterocycles. The quantitative estimate of drug-likeness (QED) is 0.874. The number of benzene rings is 1. The molecule has 0 spiro atoms. The van der Waals surface area contributed by atoms with Gasteiger partial charge in [-0.2, -0.15) is 0 Å². The molecule has 1 amide bonds. The molecule has 6 heteroatoms. The fraction of sp³-hybridized carbons (Fsp3) is 0.588. The highest BCUT2D eigenvalue weighted by Crippen LogP contribution is 2.18. The van der Waals surface area contributed by atoms with Gasteiger partial charge in [0.25, 0.3) is 0 Å². The summed E-state index contributed by atoms with van der Waals surface area (Å²) in [7, 11) is 4.21. The van der Waals surface area contributed by atoms with Crippen molar-refractivity contribution in [2.24, 2.45) is 11.7 Å². The topological polar surface area (TPSA) is 49.6 Å². The summed E-state index contributed by atoms with van der Waals surface area (Å²) in [6.07, 6.45) is 2.79. The molecule has 1 fully saturated rings. The Balaban J connectivity index is 0.00000242. The highest BCUT2D eigenvalue weighted by atomic mass is 35.5. The molecule has 1 aliphatic rings. The van der Waals surface area contributed by atoms with E-state index in [1.807, 2.05) is 35.2 Å². The molecular formula is C17H29Cl2N3O. The van der Waals surface area contributed by atoms with Crippen LogP contribution in [0, 0.1) is 5.92 Å². The van der Waals surface area contributed by atoms with E-state index in [0.717, 1.165) is 38.0 Å². The summed E-state index contributed by atoms with van der Waals surface area (Å²) in [6.45, 7) is 2.80. The van der Waals surface area contributed by atoms with Crippen molar-refractivity contribution in [2.75, 3.05) is 33.7 Å². The molecule has 0 aliphatic carbocycles. The van der Waals surface area contributed by atoms with E-state index >= 15 is 0 Å². The number of halogens is 2. The molecule has 0 radical (unpaired) electrons. The average Bonchev–Trinajstić information content (AvgIpc) is 2.47. The Hall–Kier alpha value is -0.810. The lowest BCUT2D eigenvalue weighted by molar-refractivity contribution is -0.134. The van der Waals surface area contributed by atoms with E-state index in [9.17, 15) is 4.79 Å². The number of nitrogens with two attached hydrogens (primary N) is 1. The molecule has 132 valence electrons. The summed E-state index contributed by atoms with van der Waals surface area (Å²) in [5, 5.41) is 0. The standard InChI is InChI=1S/C17H27N3O.2ClH/c1-19(2)13-15-8-10-20(11-9-15)17(21)16(18)12-14-6-4-3-5-7-14;;/h3-7,15-16H,8-13,18H2,1-2H3;2*1H/t16-;;/m0../s1. The molecule has 1 saturated heterocycles. The van der Waals surface area contributed by atoms with Crippen LogP contribution in [0.2, 0.25) is 0 Å². The lowest BCUT2D eigenvalue weighted by atomic mass is 9.95. The summed E-state index contributed by atoms with van der Waals surface area (Å²) >= 11 is 0. The Morgan fingerprint density at radius 1 is 1.22 bits per heavy atom. The number of likely N-dealkylation sites (tertiary alicyclic amines) is 1. The number of carbonyl (C=O) groups excluding carboxylic acids is 1. The number of hydrogen-bond acceptors (Lipinski definition) is 3. The van der Waals surface area contributed by atoms with Crippen LogP contribution in [-0.2, 0) is 11.2 Å². The molecule has 0 bridgehead atoms. The minimum atomic E-state index is -0.419. The van der Waals surface area contributed by atoms with Gasteiger partial charge in [0.1, 0.15) is 0 Å². The van der Waals surface area contributed by atoms with E-state index in [2.05, 4.69) is 19.0 Å². The van der Waals surface area contributed by atoms with Crippen molar-refractivity contribution in [3.63, 3.8) is 0 Å². The van der Waals surface area contributed by atoms with Crippen LogP contribution in [0.1, 0.15) is 18.4 Å². The smallest absolute Gasteiger partial charge is 0.239 e. The Kier molecular flexibility index (Phi) is 10.5. The van der Waals surface area contributed by atoms with Gasteiger partial charge in [-0.25, -0.2) is 0 Å². The van der Waals surface area contributed by atoms with Gasteiger partial charge in [0.2, 0.25) is 5.91 Å². The normalized spacial score (nSPS) is 16.4. The number of nitrogens with zero attached hydrogens (tertiary/aromatic N) is 2. The van der Waals surface area contributed by atoms with Crippen molar-refractivity contribution in [3.8, 4) is 0 Å². The second-order valence-electron chi connectivity index (χ2n) is 6.33. The monoisotopic (exact) mass is 361 g/mol. The zero-order chi connectivity index (χ0) is 15.2. The van der Waals surface area contributed by atoms with Crippen molar-refractivity contribution >= 4 is 30.7 Å². The van der Waals surface area contributed by atoms with Crippen LogP contribution in [0.25, 0.3) is 0 Å². The average molecular weight is 362 g/mol. The molecule has 2 N–H and O–H groups in total. The van der Waals surface area contributed by atoms with E-state index in [-0.39, 0.29) is 30.7 Å². The Labute approximate surface area is 152 Å². The molecular weight excluding hydrogens is 333 g/mol. The van der Waals surface area contributed by atoms with E-state index in [1.54, 1.807) is 0 Å². The van der Waals surface area contributed by atoms with Crippen LogP contribution in [0.5, 0.6) is 0 Å². The van der Waals surface area contributed by atoms with E-state index in [4.69, 9.17) is 5.73 Å². The van der Waals surface area contributed by atoms with Crippen LogP contribution in [0.15, 0.2) is 30.3 Å². The minimum Gasteiger partial charge on any atom is -0.341 e. The molecule has 1 aromatic carbocycles. The number of amides is 1. The third-order valence-corrected chi connectivity index (χ3v) is 4.17. The molecule has 1 aromatic rings. The molecule has 23 heavy (non-hydrogen) atoms. The fourth-order valence-electron chi connectivity index (χ4n) is 3.04. The van der Waals surface area contributed by atoms with Gasteiger partial charge in [0, 0.05) is 19.6 Å². The van der Waals surface area contributed by atoms with E-state index < -0.39 is 6.04 Å². The van der Waals surface area contributed by atoms with Gasteiger partial charge in [-0.05, 0) is 44.8 Å². The maximum absolute atomic E-state index is 12.4. The first-order valence-corrected chi connectivity index (χ1v) is 7.79. The number of carbonyl (C=O) groups is 1. The van der Waals surface area contributed by atoms with Gasteiger partial charge < -0.3 is 15.5 Å². The third kappa shape index (κ3) is 7.08. The summed E-state index contributed by atoms with van der Waals surface area (Å²) in [4.78, 5) is 16.6. The first-order chi connectivity index (χ1) is 10.1. The number of rotatable bonds is 5. The maximum atomic E-state index is 12.4. The molecule has 0 unspecified atom stereocenters. The van der Waals surface area contributed by atoms with Gasteiger partial charge >= 0.3 is 0 Å². The second kappa shape index (κ2) is 10.9. The summed E-state index contributed by atoms with van der Waals surface area (Å²) in [5.74, 6) is 0.802. The predicted octanol–water partition coefficient (Wildman–Crippen LogP) is 2.20. The van der Waals surface area contributed by atoms with Crippen molar-refractivity contribution < 1.29 is 4.79 Å². The first kappa shape index (κ1) is 22.2. The third-order valence-electron chi connectivity index (χ3n) is 4.17. The summed E-state index contributed by atoms with van der Waals surface area (Å²) in [5.41, 5.74) is 7.22. The van der Waals surface area contributed by atoms with Gasteiger partial charge in [0.15, 0.2) is 0 Å². The predicted molar refractivity (Wildman–Crippen MR) is 100 cm³/mol. The van der Waals surface area contributed by atoms with Crippen LogP contribution >= 0.6 is 24.8 Å². The zero-order valence-electron chi connectivity index (χ0n) is 14.0. The van der Waals surface area contributed by atoms with E-state index in [0.29, 0.717) is 12.3 Å². The molecule has 1 atom stereocenters. The van der Waals surface area contributed by atoms with Gasteiger partial charge in [-0.3, -0.25) is 4.79 Å².